The number of anilines is 3. The van der Waals surface area contributed by atoms with Crippen LogP contribution in [0, 0.1) is 18.6 Å². The van der Waals surface area contributed by atoms with E-state index in [4.69, 9.17) is 20.1 Å². The van der Waals surface area contributed by atoms with Gasteiger partial charge in [0.15, 0.2) is 17.3 Å². The zero-order valence-electron chi connectivity index (χ0n) is 79.8. The number of nitrogens with one attached hydrogen (secondary N) is 6. The lowest BCUT2D eigenvalue weighted by Gasteiger charge is -2.38. The number of ketones is 3. The van der Waals surface area contributed by atoms with Gasteiger partial charge >= 0.3 is 0 Å². The predicted molar refractivity (Wildman–Crippen MR) is 574 cm³/mol. The van der Waals surface area contributed by atoms with Crippen molar-refractivity contribution < 1.29 is 23.2 Å². The second kappa shape index (κ2) is 42.7. The van der Waals surface area contributed by atoms with E-state index in [9.17, 15) is 28.0 Å². The van der Waals surface area contributed by atoms with Crippen molar-refractivity contribution in [2.45, 2.75) is 127 Å². The number of halogens is 2. The maximum absolute atomic E-state index is 14.3. The first kappa shape index (κ1) is 97.3. The fraction of sp³-hybridized carbons (Fsp3) is 0.213. The number of aliphatic imine (C=N–C) groups is 3. The Hall–Kier alpha value is -16.5. The van der Waals surface area contributed by atoms with Crippen molar-refractivity contribution in [3.63, 3.8) is 0 Å². The number of Topliss-reactive ketones (excluding diaryl/α,β-unsaturated/α-hetero) is 3. The Kier molecular flexibility index (Phi) is 28.7. The summed E-state index contributed by atoms with van der Waals surface area (Å²) in [7, 11) is 6.04. The van der Waals surface area contributed by atoms with Gasteiger partial charge in [0.1, 0.15) is 31.3 Å². The SMILES string of the molecule is C.C.C=C1NN=C2c3c(cccc31)CC(c1ccncc1)C2c1ccccc1.CCCc1cccc(C2C3=NCC(=O)c4cc(F)cc(c43)NC2c2ccncc2)c1.CN(C)Cc1cccc(C2C3=NCC(=O)c4cc(F)cc(c43)NC2c2ccncc2)c1.CNCc1ccc(C2C3=NCC(=O)c4cccc(c43)NC2c2ccccn2)cc1.Cc1cc2c3c(n[nH]c(=O)c3c1)C(c1ccccc1)C(c1ccncc1)C2. The van der Waals surface area contributed by atoms with Gasteiger partial charge in [-0.15, -0.1) is 0 Å². The number of rotatable bonds is 16. The molecular formula is C122H113F2N17O4. The number of benzene rings is 10. The minimum absolute atomic E-state index is 0. The number of nitrogens with zero attached hydrogens (tertiary/aromatic N) is 11. The highest BCUT2D eigenvalue weighted by molar-refractivity contribution is 6.24. The van der Waals surface area contributed by atoms with Crippen molar-refractivity contribution in [2.75, 3.05) is 56.7 Å². The van der Waals surface area contributed by atoms with Gasteiger partial charge < -0.3 is 26.2 Å². The summed E-state index contributed by atoms with van der Waals surface area (Å²) >= 11 is 0. The van der Waals surface area contributed by atoms with Gasteiger partial charge in [-0.25, -0.2) is 13.9 Å². The summed E-state index contributed by atoms with van der Waals surface area (Å²) in [4.78, 5) is 87.6. The lowest BCUT2D eigenvalue weighted by Crippen LogP contribution is -2.36. The molecule has 0 radical (unpaired) electrons. The lowest BCUT2D eigenvalue weighted by atomic mass is 9.67. The van der Waals surface area contributed by atoms with E-state index in [2.05, 4.69) is 256 Å². The molecular weight excluding hydrogens is 1810 g/mol. The normalized spacial score (nSPS) is 19.4. The molecule has 16 aromatic rings. The van der Waals surface area contributed by atoms with E-state index in [0.29, 0.717) is 28.4 Å². The molecule has 0 saturated carbocycles. The van der Waals surface area contributed by atoms with E-state index >= 15 is 0 Å². The van der Waals surface area contributed by atoms with Crippen LogP contribution in [0.2, 0.25) is 0 Å². The quantitative estimate of drug-likeness (QED) is 0.0525. The molecule has 145 heavy (non-hydrogen) atoms. The van der Waals surface area contributed by atoms with Crippen molar-refractivity contribution in [2.24, 2.45) is 20.1 Å². The van der Waals surface area contributed by atoms with Gasteiger partial charge in [-0.2, -0.15) is 10.2 Å². The highest BCUT2D eigenvalue weighted by Gasteiger charge is 2.46. The summed E-state index contributed by atoms with van der Waals surface area (Å²) < 4.78 is 28.7. The number of hydrogen-bond donors (Lipinski definition) is 6. The third-order valence-electron chi connectivity index (χ3n) is 28.5. The molecule has 25 rings (SSSR count). The maximum atomic E-state index is 14.3. The highest BCUT2D eigenvalue weighted by atomic mass is 19.1. The molecule has 2 aliphatic carbocycles. The first-order valence-corrected chi connectivity index (χ1v) is 48.6. The van der Waals surface area contributed by atoms with E-state index in [1.807, 2.05) is 132 Å². The van der Waals surface area contributed by atoms with Gasteiger partial charge in [-0.3, -0.25) is 64.5 Å². The number of aromatic amines is 1. The van der Waals surface area contributed by atoms with Crippen molar-refractivity contribution in [3.05, 3.63) is 497 Å². The molecule has 7 aliphatic heterocycles. The molecule has 9 aliphatic rings. The minimum Gasteiger partial charge on any atom is -0.377 e. The van der Waals surface area contributed by atoms with E-state index in [0.717, 1.165) is 145 Å². The van der Waals surface area contributed by atoms with Gasteiger partial charge in [0, 0.05) is 159 Å². The second-order valence-corrected chi connectivity index (χ2v) is 37.9. The first-order valence-electron chi connectivity index (χ1n) is 48.6. The fourth-order valence-corrected chi connectivity index (χ4v) is 22.4. The van der Waals surface area contributed by atoms with Gasteiger partial charge in [0.2, 0.25) is 0 Å². The van der Waals surface area contributed by atoms with Crippen LogP contribution >= 0.6 is 0 Å². The zero-order chi connectivity index (χ0) is 97.9. The van der Waals surface area contributed by atoms with Crippen LogP contribution in [0.1, 0.15) is 241 Å². The molecule has 13 heterocycles. The molecule has 6 N–H and O–H groups in total. The molecule has 0 bridgehead atoms. The summed E-state index contributed by atoms with van der Waals surface area (Å²) in [5.41, 5.74) is 36.2. The third kappa shape index (κ3) is 19.5. The van der Waals surface area contributed by atoms with Crippen LogP contribution < -0.4 is 32.3 Å². The van der Waals surface area contributed by atoms with Gasteiger partial charge in [-0.05, 0) is 222 Å². The fourth-order valence-electron chi connectivity index (χ4n) is 22.4. The van der Waals surface area contributed by atoms with E-state index in [1.165, 1.54) is 91.0 Å². The van der Waals surface area contributed by atoms with Gasteiger partial charge in [-0.1, -0.05) is 216 Å². The third-order valence-corrected chi connectivity index (χ3v) is 28.5. The second-order valence-electron chi connectivity index (χ2n) is 37.9. The number of carbonyl (C=O) groups is 3. The summed E-state index contributed by atoms with van der Waals surface area (Å²) in [5, 5.41) is 27.7. The van der Waals surface area contributed by atoms with Crippen molar-refractivity contribution in [3.8, 4) is 0 Å². The summed E-state index contributed by atoms with van der Waals surface area (Å²) in [6.45, 7) is 10.3. The Morgan fingerprint density at radius 1 is 0.414 bits per heavy atom. The number of H-pyrrole nitrogens is 1. The van der Waals surface area contributed by atoms with E-state index in [1.54, 1.807) is 24.8 Å². The average molecular weight is 1920 g/mol. The van der Waals surface area contributed by atoms with E-state index < -0.39 is 11.6 Å². The molecule has 23 heteroatoms. The molecule has 10 aromatic carbocycles. The van der Waals surface area contributed by atoms with Crippen LogP contribution in [0.4, 0.5) is 25.8 Å². The standard InChI is InChI=1S/C25H23FN4O.C25H22FN3O.C24H22N4O.C23H19N3O.C23H19N3.2CH4/c1-30(2)14-15-4-3-5-17(10-15)22-24(16-6-8-27-9-7-16)29-20-12-18(26)11-19-21(31)13-28-25(22)23(19)20;1-2-4-15-5-3-6-17(11-15)22-24(16-7-9-27-10-8-16)29-20-13-18(26)12-19-21(30)14-28-25(22)23(19)20;1-25-13-15-8-10-16(11-9-15)21-23(19-6-2-3-12-26-19)28-18-7-4-5-17-20(29)14-27-24(21)22(17)18;1-14-11-17-13-18(15-7-9-24-10-8-15)20(16-5-3-2-4-6-16)22-21(17)19(12-14)23(27)26-25-22;1-15-19-9-5-8-18-14-20(16-10-12-24-13-11-16)21(17-6-3-2-4-7-17)23(22(18)19)26-25-15;;/h3-12,22,24,29H,13-14H2,1-2H3;3,5-13,22,24,29H,2,4,14H2,1H3;2-12,21,23,25,28H,13-14H2,1H3;2-12,18,20H,13H2,1H3,(H,26,27);2-13,20-21,25H,1,14H2;2*1H4. The Morgan fingerprint density at radius 3 is 1.44 bits per heavy atom. The molecule has 6 aromatic heterocycles. The molecule has 0 fully saturated rings. The molecule has 0 spiro atoms. The van der Waals surface area contributed by atoms with Crippen LogP contribution in [-0.2, 0) is 32.4 Å². The smallest absolute Gasteiger partial charge is 0.272 e. The summed E-state index contributed by atoms with van der Waals surface area (Å²) in [6, 6.07) is 90.9. The molecule has 724 valence electrons. The number of aryl methyl sites for hydroxylation is 2. The zero-order valence-corrected chi connectivity index (χ0v) is 79.8. The molecule has 0 saturated heterocycles. The highest BCUT2D eigenvalue weighted by Crippen LogP contribution is 2.53. The Balaban J connectivity index is 0.000000114. The largest absolute Gasteiger partial charge is 0.377 e. The average Bonchev–Trinajstić information content (AvgIpc) is 0.781. The van der Waals surface area contributed by atoms with Crippen molar-refractivity contribution in [1.82, 2.24) is 50.8 Å². The molecule has 10 atom stereocenters. The monoisotopic (exact) mass is 1920 g/mol. The van der Waals surface area contributed by atoms with Crippen LogP contribution in [0.15, 0.2) is 360 Å². The van der Waals surface area contributed by atoms with Crippen molar-refractivity contribution >= 4 is 73.7 Å². The first-order chi connectivity index (χ1) is 70.0. The number of aromatic nitrogens is 7. The van der Waals surface area contributed by atoms with Crippen LogP contribution in [0.5, 0.6) is 0 Å². The van der Waals surface area contributed by atoms with Crippen LogP contribution in [0.25, 0.3) is 16.5 Å². The number of pyridine rings is 5. The predicted octanol–water partition coefficient (Wildman–Crippen LogP) is 22.9. The Morgan fingerprint density at radius 2 is 0.890 bits per heavy atom. The van der Waals surface area contributed by atoms with Gasteiger partial charge in [0.25, 0.3) is 5.56 Å². The number of carbonyl (C=O) groups excluding carboxylic acids is 3. The summed E-state index contributed by atoms with van der Waals surface area (Å²) in [5.74, 6) is -0.415. The molecule has 21 nitrogen and oxygen atoms in total. The molecule has 10 unspecified atom stereocenters. The maximum Gasteiger partial charge on any atom is 0.272 e. The lowest BCUT2D eigenvalue weighted by molar-refractivity contribution is 0.0991. The van der Waals surface area contributed by atoms with E-state index in [-0.39, 0.29) is 111 Å². The Bertz CT molecular complexity index is 7750. The van der Waals surface area contributed by atoms with Crippen LogP contribution in [-0.4, -0.2) is 121 Å². The Labute approximate surface area is 843 Å². The van der Waals surface area contributed by atoms with Crippen molar-refractivity contribution in [1.29, 1.82) is 0 Å². The summed E-state index contributed by atoms with van der Waals surface area (Å²) in [6.07, 6.45) is 20.3. The van der Waals surface area contributed by atoms with Gasteiger partial charge in [0.05, 0.1) is 81.2 Å². The number of hydrazone groups is 1. The number of hydrogen-bond acceptors (Lipinski definition) is 20. The van der Waals surface area contributed by atoms with Crippen LogP contribution in [0.3, 0.4) is 0 Å². The topological polar surface area (TPSA) is 274 Å². The minimum atomic E-state index is -0.421. The molecule has 0 amide bonds.